The number of rotatable bonds is 2. The third kappa shape index (κ3) is 2.58. The lowest BCUT2D eigenvalue weighted by Gasteiger charge is -2.35. The number of carbonyl (C=O) groups excluding carboxylic acids is 1. The highest BCUT2D eigenvalue weighted by Crippen LogP contribution is 2.20. The predicted octanol–water partition coefficient (Wildman–Crippen LogP) is -1.25. The maximum Gasteiger partial charge on any atom is 0.322 e. The van der Waals surface area contributed by atoms with Crippen molar-refractivity contribution in [1.82, 2.24) is 10.4 Å². The van der Waals surface area contributed by atoms with Crippen LogP contribution in [0, 0.1) is 0 Å². The fourth-order valence-corrected chi connectivity index (χ4v) is 3.86. The van der Waals surface area contributed by atoms with E-state index in [0.717, 1.165) is 0 Å². The largest absolute Gasteiger partial charge is 0.480 e. The number of hydrazine groups is 1. The molecule has 1 amide bonds. The molecule has 0 aromatic carbocycles. The first-order chi connectivity index (χ1) is 7.89. The second-order valence-corrected chi connectivity index (χ2v) is 6.61. The first-order valence-electron chi connectivity index (χ1n) is 5.40. The van der Waals surface area contributed by atoms with Gasteiger partial charge in [0.1, 0.15) is 6.04 Å². The van der Waals surface area contributed by atoms with Crippen molar-refractivity contribution >= 4 is 21.7 Å². The van der Waals surface area contributed by atoms with Crippen molar-refractivity contribution < 1.29 is 23.1 Å². The molecule has 17 heavy (non-hydrogen) atoms. The fraction of sp³-hybridized carbons (Fsp3) is 0.778. The minimum atomic E-state index is -3.09. The summed E-state index contributed by atoms with van der Waals surface area (Å²) in [5.74, 6) is -1.29. The maximum atomic E-state index is 11.6. The number of aliphatic carboxylic acids is 1. The Labute approximate surface area is 98.7 Å². The Bertz CT molecular complexity index is 446. The zero-order chi connectivity index (χ0) is 12.6. The summed E-state index contributed by atoms with van der Waals surface area (Å²) in [6, 6.07) is -1.24. The second kappa shape index (κ2) is 4.26. The molecule has 0 bridgehead atoms. The van der Waals surface area contributed by atoms with Gasteiger partial charge >= 0.3 is 5.97 Å². The highest BCUT2D eigenvalue weighted by Gasteiger charge is 2.39. The van der Waals surface area contributed by atoms with Crippen molar-refractivity contribution in [3.63, 3.8) is 0 Å². The summed E-state index contributed by atoms with van der Waals surface area (Å²) in [5.41, 5.74) is 2.60. The molecule has 2 fully saturated rings. The van der Waals surface area contributed by atoms with Gasteiger partial charge in [-0.2, -0.15) is 0 Å². The molecule has 0 aromatic heterocycles. The maximum absolute atomic E-state index is 11.6. The number of amides is 1. The Hall–Kier alpha value is -1.15. The van der Waals surface area contributed by atoms with E-state index in [1.165, 1.54) is 5.01 Å². The Kier molecular flexibility index (Phi) is 3.09. The average molecular weight is 262 g/mol. The molecule has 0 spiro atoms. The molecular formula is C9H14N2O5S. The van der Waals surface area contributed by atoms with Crippen molar-refractivity contribution in [3.8, 4) is 0 Å². The summed E-state index contributed by atoms with van der Waals surface area (Å²) in [6.45, 7) is 0. The van der Waals surface area contributed by atoms with E-state index in [4.69, 9.17) is 5.11 Å². The molecule has 7 nitrogen and oxygen atoms in total. The molecule has 2 N–H and O–H groups in total. The lowest BCUT2D eigenvalue weighted by atomic mass is 10.1. The van der Waals surface area contributed by atoms with Gasteiger partial charge in [-0.3, -0.25) is 14.6 Å². The zero-order valence-corrected chi connectivity index (χ0v) is 9.94. The Morgan fingerprint density at radius 2 is 2.12 bits per heavy atom. The van der Waals surface area contributed by atoms with E-state index in [2.05, 4.69) is 5.43 Å². The number of carboxylic acid groups (broad SMARTS) is 1. The van der Waals surface area contributed by atoms with Gasteiger partial charge < -0.3 is 5.11 Å². The van der Waals surface area contributed by atoms with Crippen LogP contribution in [-0.2, 0) is 19.4 Å². The molecule has 0 saturated carbocycles. The second-order valence-electron chi connectivity index (χ2n) is 4.38. The van der Waals surface area contributed by atoms with E-state index >= 15 is 0 Å². The zero-order valence-electron chi connectivity index (χ0n) is 9.13. The van der Waals surface area contributed by atoms with Crippen LogP contribution in [0.5, 0.6) is 0 Å². The van der Waals surface area contributed by atoms with Gasteiger partial charge in [-0.1, -0.05) is 0 Å². The van der Waals surface area contributed by atoms with E-state index in [1.54, 1.807) is 0 Å². The number of nitrogens with zero attached hydrogens (tertiary/aromatic N) is 1. The molecule has 2 rings (SSSR count). The first kappa shape index (κ1) is 12.3. The third-order valence-corrected chi connectivity index (χ3v) is 4.83. The van der Waals surface area contributed by atoms with Gasteiger partial charge in [0.25, 0.3) is 0 Å². The highest BCUT2D eigenvalue weighted by molar-refractivity contribution is 7.91. The van der Waals surface area contributed by atoms with Gasteiger partial charge in [0.2, 0.25) is 5.91 Å². The summed E-state index contributed by atoms with van der Waals surface area (Å²) in [4.78, 5) is 22.5. The number of hydrogen-bond donors (Lipinski definition) is 2. The van der Waals surface area contributed by atoms with E-state index in [1.807, 2.05) is 0 Å². The summed E-state index contributed by atoms with van der Waals surface area (Å²) in [5, 5.41) is 10.1. The van der Waals surface area contributed by atoms with Gasteiger partial charge in [0.15, 0.2) is 9.84 Å². The van der Waals surface area contributed by atoms with Crippen molar-refractivity contribution in [2.24, 2.45) is 0 Å². The van der Waals surface area contributed by atoms with Crippen LogP contribution >= 0.6 is 0 Å². The first-order valence-corrected chi connectivity index (χ1v) is 7.22. The van der Waals surface area contributed by atoms with Crippen molar-refractivity contribution in [3.05, 3.63) is 0 Å². The Morgan fingerprint density at radius 1 is 1.41 bits per heavy atom. The molecule has 8 heteroatoms. The lowest BCUT2D eigenvalue weighted by molar-refractivity contribution is -0.150. The van der Waals surface area contributed by atoms with Crippen LogP contribution in [0.2, 0.25) is 0 Å². The Balaban J connectivity index is 2.09. The van der Waals surface area contributed by atoms with E-state index in [9.17, 15) is 18.0 Å². The molecule has 0 radical (unpaired) electrons. The van der Waals surface area contributed by atoms with Crippen LogP contribution in [0.3, 0.4) is 0 Å². The van der Waals surface area contributed by atoms with Crippen LogP contribution in [0.4, 0.5) is 0 Å². The van der Waals surface area contributed by atoms with Gasteiger partial charge in [0, 0.05) is 6.42 Å². The molecule has 0 aliphatic carbocycles. The van der Waals surface area contributed by atoms with Crippen LogP contribution in [0.25, 0.3) is 0 Å². The van der Waals surface area contributed by atoms with Crippen LogP contribution in [-0.4, -0.2) is 54.0 Å². The van der Waals surface area contributed by atoms with Gasteiger partial charge in [-0.05, 0) is 12.8 Å². The number of sulfone groups is 1. The molecule has 2 aliphatic rings. The fourth-order valence-electron chi connectivity index (χ4n) is 2.16. The van der Waals surface area contributed by atoms with E-state index in [0.29, 0.717) is 6.42 Å². The monoisotopic (exact) mass is 262 g/mol. The number of hydrogen-bond acceptors (Lipinski definition) is 5. The molecule has 2 heterocycles. The van der Waals surface area contributed by atoms with Gasteiger partial charge in [0.05, 0.1) is 17.5 Å². The normalized spacial score (nSPS) is 32.7. The van der Waals surface area contributed by atoms with E-state index in [-0.39, 0.29) is 30.3 Å². The molecule has 2 aliphatic heterocycles. The highest BCUT2D eigenvalue weighted by atomic mass is 32.2. The summed E-state index contributed by atoms with van der Waals surface area (Å²) in [7, 11) is -3.09. The van der Waals surface area contributed by atoms with Gasteiger partial charge in [-0.15, -0.1) is 0 Å². The number of carboxylic acids is 1. The number of nitrogens with one attached hydrogen (secondary N) is 1. The van der Waals surface area contributed by atoms with Crippen molar-refractivity contribution in [2.75, 3.05) is 11.5 Å². The van der Waals surface area contributed by atoms with Crippen LogP contribution in [0.1, 0.15) is 19.3 Å². The van der Waals surface area contributed by atoms with E-state index < -0.39 is 27.9 Å². The van der Waals surface area contributed by atoms with Crippen LogP contribution < -0.4 is 5.43 Å². The molecular weight excluding hydrogens is 248 g/mol. The molecule has 2 saturated heterocycles. The Morgan fingerprint density at radius 3 is 2.65 bits per heavy atom. The molecule has 96 valence electrons. The summed E-state index contributed by atoms with van der Waals surface area (Å²) < 4.78 is 22.6. The SMILES string of the molecule is O=C(O)C1CCC(=O)N(C2CCS(=O)(=O)C2)N1. The van der Waals surface area contributed by atoms with Gasteiger partial charge in [-0.25, -0.2) is 13.8 Å². The quantitative estimate of drug-likeness (QED) is 0.644. The average Bonchev–Trinajstić information content (AvgIpc) is 2.59. The minimum absolute atomic E-state index is 0.0564. The van der Waals surface area contributed by atoms with Crippen molar-refractivity contribution in [1.29, 1.82) is 0 Å². The molecule has 2 unspecified atom stereocenters. The standard InChI is InChI=1S/C9H14N2O5S/c12-8-2-1-7(9(13)14)10-11(8)6-3-4-17(15,16)5-6/h6-7,10H,1-5H2,(H,13,14). The lowest BCUT2D eigenvalue weighted by Crippen LogP contribution is -2.59. The smallest absolute Gasteiger partial charge is 0.322 e. The molecule has 2 atom stereocenters. The summed E-state index contributed by atoms with van der Waals surface area (Å²) >= 11 is 0. The van der Waals surface area contributed by atoms with Crippen molar-refractivity contribution in [2.45, 2.75) is 31.3 Å². The van der Waals surface area contributed by atoms with Crippen LogP contribution in [0.15, 0.2) is 0 Å². The minimum Gasteiger partial charge on any atom is -0.480 e. The summed E-state index contributed by atoms with van der Waals surface area (Å²) in [6.07, 6.45) is 0.748. The topological polar surface area (TPSA) is 104 Å². The predicted molar refractivity (Wildman–Crippen MR) is 57.7 cm³/mol. The molecule has 0 aromatic rings. The number of carbonyl (C=O) groups is 2. The third-order valence-electron chi connectivity index (χ3n) is 3.08.